The number of hydrogen-bond acceptors (Lipinski definition) is 2. The number of esters is 1. The van der Waals surface area contributed by atoms with Crippen LogP contribution in [0.5, 0.6) is 0 Å². The number of allylic oxidation sites excluding steroid dienone is 3. The van der Waals surface area contributed by atoms with Crippen LogP contribution < -0.4 is 0 Å². The number of carbonyl (C=O) groups excluding carboxylic acids is 1. The van der Waals surface area contributed by atoms with Gasteiger partial charge in [0.15, 0.2) is 0 Å². The van der Waals surface area contributed by atoms with Crippen molar-refractivity contribution in [2.24, 2.45) is 50.7 Å². The van der Waals surface area contributed by atoms with Crippen LogP contribution in [0.25, 0.3) is 0 Å². The van der Waals surface area contributed by atoms with Crippen molar-refractivity contribution < 1.29 is 9.53 Å². The van der Waals surface area contributed by atoms with E-state index in [1.807, 2.05) is 5.57 Å². The van der Waals surface area contributed by atoms with E-state index < -0.39 is 0 Å². The molecule has 9 unspecified atom stereocenters. The molecule has 2 heteroatoms. The summed E-state index contributed by atoms with van der Waals surface area (Å²) in [5.41, 5.74) is 4.67. The van der Waals surface area contributed by atoms with E-state index in [0.29, 0.717) is 45.3 Å². The normalized spacial score (nSPS) is 51.3. The molecule has 0 N–H and O–H groups in total. The lowest BCUT2D eigenvalue weighted by Crippen LogP contribution is -2.64. The molecular weight excluding hydrogens is 416 g/mol. The molecule has 0 aromatic heterocycles. The quantitative estimate of drug-likeness (QED) is 0.301. The van der Waals surface area contributed by atoms with Crippen molar-refractivity contribution >= 4 is 5.97 Å². The second-order valence-electron chi connectivity index (χ2n) is 14.9. The standard InChI is InChI=1S/C32H50O2/c1-20(2)22-12-15-29(6)18-19-31(8)23(27(22)29)10-11-25-30(7)16-14-26(34-21(3)33)28(4,5)24(30)13-17-32(25,31)9/h10,22,24-27H,1,11-19H2,2-9H3. The van der Waals surface area contributed by atoms with Gasteiger partial charge in [-0.1, -0.05) is 65.3 Å². The summed E-state index contributed by atoms with van der Waals surface area (Å²) in [6, 6.07) is 0. The summed E-state index contributed by atoms with van der Waals surface area (Å²) < 4.78 is 5.90. The lowest BCUT2D eigenvalue weighted by atomic mass is 9.34. The van der Waals surface area contributed by atoms with Gasteiger partial charge in [-0.3, -0.25) is 4.79 Å². The summed E-state index contributed by atoms with van der Waals surface area (Å²) in [4.78, 5) is 11.9. The first-order valence-electron chi connectivity index (χ1n) is 14.2. The van der Waals surface area contributed by atoms with Crippen LogP contribution >= 0.6 is 0 Å². The molecule has 9 atom stereocenters. The third-order valence-corrected chi connectivity index (χ3v) is 13.1. The van der Waals surface area contributed by atoms with Crippen molar-refractivity contribution in [3.8, 4) is 0 Å². The fraction of sp³-hybridized carbons (Fsp3) is 0.844. The second kappa shape index (κ2) is 7.48. The summed E-state index contributed by atoms with van der Waals surface area (Å²) in [5.74, 6) is 2.57. The molecule has 0 aliphatic heterocycles. The first-order valence-corrected chi connectivity index (χ1v) is 14.2. The van der Waals surface area contributed by atoms with Crippen molar-refractivity contribution in [1.82, 2.24) is 0 Å². The van der Waals surface area contributed by atoms with Gasteiger partial charge in [0.25, 0.3) is 0 Å². The minimum Gasteiger partial charge on any atom is -0.462 e. The van der Waals surface area contributed by atoms with Gasteiger partial charge in [-0.2, -0.15) is 0 Å². The maximum atomic E-state index is 11.9. The Kier molecular flexibility index (Phi) is 5.42. The lowest BCUT2D eigenvalue weighted by molar-refractivity contribution is -0.210. The van der Waals surface area contributed by atoms with Crippen LogP contribution in [0, 0.1) is 50.7 Å². The van der Waals surface area contributed by atoms with Crippen LogP contribution in [0.15, 0.2) is 23.8 Å². The Hall–Kier alpha value is -1.05. The summed E-state index contributed by atoms with van der Waals surface area (Å²) in [6.45, 7) is 23.7. The van der Waals surface area contributed by atoms with Crippen molar-refractivity contribution in [2.75, 3.05) is 0 Å². The second-order valence-corrected chi connectivity index (χ2v) is 14.9. The Morgan fingerprint density at radius 3 is 2.26 bits per heavy atom. The fourth-order valence-corrected chi connectivity index (χ4v) is 11.1. The maximum Gasteiger partial charge on any atom is 0.302 e. The van der Waals surface area contributed by atoms with Crippen LogP contribution in [-0.2, 0) is 9.53 Å². The number of rotatable bonds is 2. The monoisotopic (exact) mass is 466 g/mol. The molecule has 0 aromatic carbocycles. The van der Waals surface area contributed by atoms with E-state index in [2.05, 4.69) is 61.1 Å². The third-order valence-electron chi connectivity index (χ3n) is 13.1. The van der Waals surface area contributed by atoms with Gasteiger partial charge in [-0.25, -0.2) is 0 Å². The smallest absolute Gasteiger partial charge is 0.302 e. The lowest BCUT2D eigenvalue weighted by Gasteiger charge is -2.70. The van der Waals surface area contributed by atoms with Crippen LogP contribution in [0.4, 0.5) is 0 Å². The minimum absolute atomic E-state index is 0.0343. The van der Waals surface area contributed by atoms with Crippen LogP contribution in [0.3, 0.4) is 0 Å². The van der Waals surface area contributed by atoms with E-state index in [1.54, 1.807) is 6.92 Å². The number of carbonyl (C=O) groups is 1. The highest BCUT2D eigenvalue weighted by atomic mass is 16.5. The zero-order valence-electron chi connectivity index (χ0n) is 23.4. The molecule has 5 aliphatic carbocycles. The number of hydrogen-bond donors (Lipinski definition) is 0. The van der Waals surface area contributed by atoms with Gasteiger partial charge in [0.05, 0.1) is 0 Å². The number of fused-ring (bicyclic) bond motifs is 7. The average Bonchev–Trinajstić information content (AvgIpc) is 3.08. The molecule has 0 spiro atoms. The van der Waals surface area contributed by atoms with Gasteiger partial charge >= 0.3 is 5.97 Å². The van der Waals surface area contributed by atoms with E-state index >= 15 is 0 Å². The van der Waals surface area contributed by atoms with Crippen molar-refractivity contribution in [3.05, 3.63) is 23.8 Å². The van der Waals surface area contributed by atoms with Crippen LogP contribution in [0.1, 0.15) is 113 Å². The molecule has 0 aromatic rings. The summed E-state index contributed by atoms with van der Waals surface area (Å²) in [7, 11) is 0. The van der Waals surface area contributed by atoms with E-state index in [1.165, 1.54) is 56.9 Å². The zero-order chi connectivity index (χ0) is 24.9. The van der Waals surface area contributed by atoms with Gasteiger partial charge in [-0.15, -0.1) is 0 Å². The summed E-state index contributed by atoms with van der Waals surface area (Å²) in [6.07, 6.45) is 14.2. The molecule has 0 saturated heterocycles. The molecule has 190 valence electrons. The van der Waals surface area contributed by atoms with Crippen molar-refractivity contribution in [2.45, 2.75) is 119 Å². The van der Waals surface area contributed by atoms with Crippen molar-refractivity contribution in [3.63, 3.8) is 0 Å². The van der Waals surface area contributed by atoms with Gasteiger partial charge < -0.3 is 4.74 Å². The molecule has 4 saturated carbocycles. The maximum absolute atomic E-state index is 11.9. The molecule has 0 radical (unpaired) electrons. The van der Waals surface area contributed by atoms with E-state index in [9.17, 15) is 4.79 Å². The zero-order valence-corrected chi connectivity index (χ0v) is 23.4. The molecule has 4 fully saturated rings. The summed E-state index contributed by atoms with van der Waals surface area (Å²) in [5, 5.41) is 0. The highest BCUT2D eigenvalue weighted by Gasteiger charge is 2.68. The van der Waals surface area contributed by atoms with Gasteiger partial charge in [0.1, 0.15) is 6.10 Å². The predicted molar refractivity (Wildman–Crippen MR) is 140 cm³/mol. The largest absolute Gasteiger partial charge is 0.462 e. The SMILES string of the molecule is C=C(C)C1CCC2(C)CCC3(C)C(=CCC4C5(C)CCC(OC(C)=O)C(C)(C)C5CCC43C)C12. The van der Waals surface area contributed by atoms with Crippen LogP contribution in [0.2, 0.25) is 0 Å². The fourth-order valence-electron chi connectivity index (χ4n) is 11.1. The first kappa shape index (κ1) is 24.6. The molecule has 0 amide bonds. The first-order chi connectivity index (χ1) is 15.7. The summed E-state index contributed by atoms with van der Waals surface area (Å²) >= 11 is 0. The molecule has 0 bridgehead atoms. The Labute approximate surface area is 209 Å². The van der Waals surface area contributed by atoms with Gasteiger partial charge in [-0.05, 0) is 110 Å². The molecule has 5 rings (SSSR count). The van der Waals surface area contributed by atoms with E-state index in [0.717, 1.165) is 6.42 Å². The Bertz CT molecular complexity index is 927. The highest BCUT2D eigenvalue weighted by molar-refractivity contribution is 5.66. The van der Waals surface area contributed by atoms with Gasteiger partial charge in [0.2, 0.25) is 0 Å². The van der Waals surface area contributed by atoms with E-state index in [-0.39, 0.29) is 17.5 Å². The molecule has 0 heterocycles. The Morgan fingerprint density at radius 1 is 0.912 bits per heavy atom. The Morgan fingerprint density at radius 2 is 1.62 bits per heavy atom. The number of ether oxygens (including phenoxy) is 1. The third kappa shape index (κ3) is 3.02. The molecule has 2 nitrogen and oxygen atoms in total. The molecular formula is C32H50O2. The molecule has 34 heavy (non-hydrogen) atoms. The highest BCUT2D eigenvalue weighted by Crippen LogP contribution is 2.76. The predicted octanol–water partition coefficient (Wildman–Crippen LogP) is 8.52. The van der Waals surface area contributed by atoms with Crippen LogP contribution in [-0.4, -0.2) is 12.1 Å². The topological polar surface area (TPSA) is 26.3 Å². The average molecular weight is 467 g/mol. The van der Waals surface area contributed by atoms with E-state index in [4.69, 9.17) is 4.74 Å². The van der Waals surface area contributed by atoms with Gasteiger partial charge in [0, 0.05) is 12.3 Å². The Balaban J connectivity index is 1.55. The molecule has 5 aliphatic rings. The van der Waals surface area contributed by atoms with Crippen molar-refractivity contribution in [1.29, 1.82) is 0 Å². The minimum atomic E-state index is -0.117.